The fraction of sp³-hybridized carbons (Fsp3) is 0.222. The van der Waals surface area contributed by atoms with Crippen molar-refractivity contribution in [1.29, 1.82) is 0 Å². The molecule has 0 aliphatic heterocycles. The van der Waals surface area contributed by atoms with Crippen molar-refractivity contribution in [3.05, 3.63) is 89.5 Å². The Labute approximate surface area is 224 Å². The van der Waals surface area contributed by atoms with Gasteiger partial charge in [0.2, 0.25) is 0 Å². The highest BCUT2D eigenvalue weighted by Gasteiger charge is 2.31. The molecule has 1 amide bonds. The number of aromatic nitrogens is 3. The van der Waals surface area contributed by atoms with Gasteiger partial charge in [0, 0.05) is 23.4 Å². The summed E-state index contributed by atoms with van der Waals surface area (Å²) in [4.78, 5) is 16.8. The molecule has 0 unspecified atom stereocenters. The van der Waals surface area contributed by atoms with E-state index in [1.807, 2.05) is 6.92 Å². The maximum Gasteiger partial charge on any atom is 0.416 e. The number of halogens is 6. The van der Waals surface area contributed by atoms with Crippen LogP contribution in [0.5, 0.6) is 6.01 Å². The molecule has 0 aliphatic carbocycles. The fourth-order valence-electron chi connectivity index (χ4n) is 3.59. The Kier molecular flexibility index (Phi) is 8.43. The minimum absolute atomic E-state index is 0.0310. The van der Waals surface area contributed by atoms with Crippen molar-refractivity contribution in [1.82, 2.24) is 14.8 Å². The molecule has 0 fully saturated rings. The van der Waals surface area contributed by atoms with Gasteiger partial charge in [-0.1, -0.05) is 18.2 Å². The second-order valence-electron chi connectivity index (χ2n) is 8.33. The molecule has 0 bridgehead atoms. The van der Waals surface area contributed by atoms with E-state index in [0.717, 1.165) is 30.3 Å². The number of ether oxygens (including phenoxy) is 2. The van der Waals surface area contributed by atoms with Gasteiger partial charge in [-0.05, 0) is 61.5 Å². The largest absolute Gasteiger partial charge is 0.460 e. The molecular formula is C27H22F6N4O3. The molecule has 1 aromatic heterocycles. The first kappa shape index (κ1) is 28.6. The average Bonchev–Trinajstić information content (AvgIpc) is 3.35. The van der Waals surface area contributed by atoms with E-state index in [-0.39, 0.29) is 36.3 Å². The van der Waals surface area contributed by atoms with Gasteiger partial charge in [-0.15, -0.1) is 5.10 Å². The van der Waals surface area contributed by atoms with Crippen molar-refractivity contribution >= 4 is 11.6 Å². The standard InChI is InChI=1S/C27H22F6N4O3/c1-2-39-14-15-40-25-35-23(17-6-8-19(9-7-17)26(28,29)30)37(36-25)22-12-10-21(11-13-22)34-24(38)18-4-3-5-20(16-18)27(31,32)33/h3-13,16H,2,14-15H2,1H3,(H,34,38). The van der Waals surface area contributed by atoms with Crippen LogP contribution in [0.2, 0.25) is 0 Å². The Morgan fingerprint density at radius 3 is 2.17 bits per heavy atom. The van der Waals surface area contributed by atoms with Crippen LogP contribution in [-0.2, 0) is 17.1 Å². The quantitative estimate of drug-likeness (QED) is 0.182. The molecule has 0 spiro atoms. The van der Waals surface area contributed by atoms with Crippen LogP contribution in [0.15, 0.2) is 72.8 Å². The summed E-state index contributed by atoms with van der Waals surface area (Å²) < 4.78 is 90.2. The smallest absolute Gasteiger partial charge is 0.416 e. The Bertz CT molecular complexity index is 1450. The van der Waals surface area contributed by atoms with Crippen LogP contribution < -0.4 is 10.1 Å². The minimum Gasteiger partial charge on any atom is -0.460 e. The molecule has 7 nitrogen and oxygen atoms in total. The SMILES string of the molecule is CCOCCOc1nc(-c2ccc(C(F)(F)F)cc2)n(-c2ccc(NC(=O)c3cccc(C(F)(F)F)c3)cc2)n1. The van der Waals surface area contributed by atoms with E-state index < -0.39 is 29.4 Å². The molecule has 0 aliphatic rings. The molecule has 1 heterocycles. The third-order valence-electron chi connectivity index (χ3n) is 5.54. The third kappa shape index (κ3) is 6.97. The van der Waals surface area contributed by atoms with E-state index in [0.29, 0.717) is 17.9 Å². The van der Waals surface area contributed by atoms with Crippen molar-refractivity contribution in [2.75, 3.05) is 25.1 Å². The number of nitrogens with one attached hydrogen (secondary N) is 1. The normalized spacial score (nSPS) is 11.9. The lowest BCUT2D eigenvalue weighted by atomic mass is 10.1. The Hall–Kier alpha value is -4.39. The molecule has 0 radical (unpaired) electrons. The topological polar surface area (TPSA) is 78.3 Å². The maximum absolute atomic E-state index is 13.0. The fourth-order valence-corrected chi connectivity index (χ4v) is 3.59. The number of rotatable bonds is 9. The Morgan fingerprint density at radius 2 is 1.55 bits per heavy atom. The summed E-state index contributed by atoms with van der Waals surface area (Å²) in [6.45, 7) is 2.73. The molecule has 0 saturated carbocycles. The van der Waals surface area contributed by atoms with Gasteiger partial charge in [0.05, 0.1) is 23.4 Å². The highest BCUT2D eigenvalue weighted by molar-refractivity contribution is 6.04. The zero-order valence-corrected chi connectivity index (χ0v) is 20.9. The number of carbonyl (C=O) groups excluding carboxylic acids is 1. The van der Waals surface area contributed by atoms with Gasteiger partial charge >= 0.3 is 18.4 Å². The first-order valence-corrected chi connectivity index (χ1v) is 11.9. The van der Waals surface area contributed by atoms with Crippen molar-refractivity contribution < 1.29 is 40.6 Å². The van der Waals surface area contributed by atoms with E-state index >= 15 is 0 Å². The summed E-state index contributed by atoms with van der Waals surface area (Å²) in [5.74, 6) is -0.545. The number of alkyl halides is 6. The molecule has 4 rings (SSSR count). The van der Waals surface area contributed by atoms with Crippen molar-refractivity contribution in [3.63, 3.8) is 0 Å². The molecule has 1 N–H and O–H groups in total. The van der Waals surface area contributed by atoms with E-state index in [2.05, 4.69) is 15.4 Å². The predicted octanol–water partition coefficient (Wildman–Crippen LogP) is 6.64. The number of nitrogens with zero attached hydrogens (tertiary/aromatic N) is 3. The first-order valence-electron chi connectivity index (χ1n) is 11.9. The van der Waals surface area contributed by atoms with E-state index in [1.165, 1.54) is 35.0 Å². The van der Waals surface area contributed by atoms with Crippen LogP contribution >= 0.6 is 0 Å². The highest BCUT2D eigenvalue weighted by Crippen LogP contribution is 2.32. The number of benzene rings is 3. The van der Waals surface area contributed by atoms with Crippen LogP contribution in [0.1, 0.15) is 28.4 Å². The van der Waals surface area contributed by atoms with Gasteiger partial charge in [-0.25, -0.2) is 4.68 Å². The predicted molar refractivity (Wildman–Crippen MR) is 133 cm³/mol. The lowest BCUT2D eigenvalue weighted by Gasteiger charge is -2.11. The summed E-state index contributed by atoms with van der Waals surface area (Å²) in [5, 5.41) is 6.84. The van der Waals surface area contributed by atoms with Gasteiger partial charge in [0.15, 0.2) is 5.82 Å². The maximum atomic E-state index is 13.0. The lowest BCUT2D eigenvalue weighted by Crippen LogP contribution is -2.14. The van der Waals surface area contributed by atoms with E-state index in [9.17, 15) is 31.1 Å². The first-order chi connectivity index (χ1) is 19.0. The second-order valence-corrected chi connectivity index (χ2v) is 8.33. The summed E-state index contributed by atoms with van der Waals surface area (Å²) >= 11 is 0. The van der Waals surface area contributed by atoms with Gasteiger partial charge in [-0.2, -0.15) is 31.3 Å². The molecule has 13 heteroatoms. The number of carbonyl (C=O) groups is 1. The van der Waals surface area contributed by atoms with Crippen molar-refractivity contribution in [3.8, 4) is 23.1 Å². The molecule has 0 atom stereocenters. The van der Waals surface area contributed by atoms with Gasteiger partial charge < -0.3 is 14.8 Å². The Morgan fingerprint density at radius 1 is 0.875 bits per heavy atom. The molecule has 4 aromatic rings. The Balaban J connectivity index is 1.58. The van der Waals surface area contributed by atoms with E-state index in [4.69, 9.17) is 9.47 Å². The van der Waals surface area contributed by atoms with Crippen LogP contribution in [0.3, 0.4) is 0 Å². The number of anilines is 1. The monoisotopic (exact) mass is 564 g/mol. The second kappa shape index (κ2) is 11.8. The zero-order chi connectivity index (χ0) is 28.9. The summed E-state index contributed by atoms with van der Waals surface area (Å²) in [5.41, 5.74) is -0.890. The van der Waals surface area contributed by atoms with Gasteiger partial charge in [0.1, 0.15) is 6.61 Å². The number of hydrogen-bond acceptors (Lipinski definition) is 5. The highest BCUT2D eigenvalue weighted by atomic mass is 19.4. The van der Waals surface area contributed by atoms with Crippen LogP contribution in [0.25, 0.3) is 17.1 Å². The summed E-state index contributed by atoms with van der Waals surface area (Å²) in [6, 6.07) is 14.5. The van der Waals surface area contributed by atoms with Gasteiger partial charge in [0.25, 0.3) is 5.91 Å². The van der Waals surface area contributed by atoms with Crippen LogP contribution in [-0.4, -0.2) is 40.5 Å². The van der Waals surface area contributed by atoms with Crippen molar-refractivity contribution in [2.45, 2.75) is 19.3 Å². The third-order valence-corrected chi connectivity index (χ3v) is 5.54. The number of hydrogen-bond donors (Lipinski definition) is 1. The summed E-state index contributed by atoms with van der Waals surface area (Å²) in [6.07, 6.45) is -9.10. The average molecular weight is 564 g/mol. The minimum atomic E-state index is -4.59. The van der Waals surface area contributed by atoms with Crippen molar-refractivity contribution in [2.24, 2.45) is 0 Å². The lowest BCUT2D eigenvalue weighted by molar-refractivity contribution is -0.138. The molecule has 40 heavy (non-hydrogen) atoms. The molecule has 210 valence electrons. The zero-order valence-electron chi connectivity index (χ0n) is 20.9. The van der Waals surface area contributed by atoms with Crippen LogP contribution in [0.4, 0.5) is 32.0 Å². The van der Waals surface area contributed by atoms with Crippen LogP contribution in [0, 0.1) is 0 Å². The molecule has 0 saturated heterocycles. The number of amides is 1. The van der Waals surface area contributed by atoms with E-state index in [1.54, 1.807) is 12.1 Å². The summed E-state index contributed by atoms with van der Waals surface area (Å²) in [7, 11) is 0. The molecular weight excluding hydrogens is 542 g/mol. The molecule has 3 aromatic carbocycles. The van der Waals surface area contributed by atoms with Gasteiger partial charge in [-0.3, -0.25) is 4.79 Å².